The van der Waals surface area contributed by atoms with Gasteiger partial charge in [-0.15, -0.1) is 11.3 Å². The third kappa shape index (κ3) is 2.98. The van der Waals surface area contributed by atoms with Gasteiger partial charge in [0.05, 0.1) is 0 Å². The van der Waals surface area contributed by atoms with Crippen LogP contribution in [-0.2, 0) is 0 Å². The SMILES string of the molecule is CC/C(=C(/c1cccs1)C(C)(C)C)C(C)C. The first-order chi connectivity index (χ1) is 7.38. The van der Waals surface area contributed by atoms with Crippen LogP contribution in [0, 0.1) is 11.3 Å². The Morgan fingerprint density at radius 1 is 1.31 bits per heavy atom. The van der Waals surface area contributed by atoms with Crippen molar-refractivity contribution in [2.75, 3.05) is 0 Å². The molecule has 0 atom stereocenters. The molecule has 0 nitrogen and oxygen atoms in total. The molecule has 0 radical (unpaired) electrons. The minimum Gasteiger partial charge on any atom is -0.144 e. The van der Waals surface area contributed by atoms with E-state index in [2.05, 4.69) is 59.1 Å². The highest BCUT2D eigenvalue weighted by atomic mass is 32.1. The number of thiophene rings is 1. The molecule has 0 aliphatic heterocycles. The number of hydrogen-bond donors (Lipinski definition) is 0. The van der Waals surface area contributed by atoms with Crippen LogP contribution >= 0.6 is 11.3 Å². The van der Waals surface area contributed by atoms with Gasteiger partial charge in [0.25, 0.3) is 0 Å². The predicted octanol–water partition coefficient (Wildman–Crippen LogP) is 5.61. The van der Waals surface area contributed by atoms with Crippen molar-refractivity contribution in [1.29, 1.82) is 0 Å². The quantitative estimate of drug-likeness (QED) is 0.639. The highest BCUT2D eigenvalue weighted by molar-refractivity contribution is 7.11. The van der Waals surface area contributed by atoms with E-state index in [1.54, 1.807) is 11.1 Å². The first kappa shape index (κ1) is 13.5. The molecule has 90 valence electrons. The van der Waals surface area contributed by atoms with Gasteiger partial charge in [-0.2, -0.15) is 0 Å². The second-order valence-electron chi connectivity index (χ2n) is 5.64. The Morgan fingerprint density at radius 3 is 2.25 bits per heavy atom. The van der Waals surface area contributed by atoms with E-state index in [1.807, 2.05) is 11.3 Å². The summed E-state index contributed by atoms with van der Waals surface area (Å²) in [5.74, 6) is 0.640. The van der Waals surface area contributed by atoms with Crippen LogP contribution < -0.4 is 0 Å². The first-order valence-electron chi connectivity index (χ1n) is 6.15. The lowest BCUT2D eigenvalue weighted by molar-refractivity contribution is 0.553. The fraction of sp³-hybridized carbons (Fsp3) is 0.600. The second-order valence-corrected chi connectivity index (χ2v) is 6.58. The maximum absolute atomic E-state index is 2.32. The van der Waals surface area contributed by atoms with Gasteiger partial charge >= 0.3 is 0 Å². The molecule has 0 fully saturated rings. The van der Waals surface area contributed by atoms with E-state index < -0.39 is 0 Å². The van der Waals surface area contributed by atoms with Crippen LogP contribution in [0.1, 0.15) is 52.8 Å². The molecule has 0 saturated carbocycles. The average Bonchev–Trinajstić information content (AvgIpc) is 2.63. The molecule has 0 N–H and O–H groups in total. The Morgan fingerprint density at radius 2 is 1.94 bits per heavy atom. The highest BCUT2D eigenvalue weighted by Gasteiger charge is 2.23. The van der Waals surface area contributed by atoms with E-state index in [4.69, 9.17) is 0 Å². The molecular weight excluding hydrogens is 212 g/mol. The third-order valence-electron chi connectivity index (χ3n) is 2.92. The van der Waals surface area contributed by atoms with Gasteiger partial charge in [0.15, 0.2) is 0 Å². The lowest BCUT2D eigenvalue weighted by atomic mass is 9.79. The van der Waals surface area contributed by atoms with Gasteiger partial charge in [-0.25, -0.2) is 0 Å². The van der Waals surface area contributed by atoms with Crippen molar-refractivity contribution in [2.45, 2.75) is 48.0 Å². The van der Waals surface area contributed by atoms with Gasteiger partial charge in [0.1, 0.15) is 0 Å². The van der Waals surface area contributed by atoms with Gasteiger partial charge in [-0.3, -0.25) is 0 Å². The molecule has 0 aliphatic carbocycles. The minimum atomic E-state index is 0.237. The van der Waals surface area contributed by atoms with Crippen LogP contribution in [0.15, 0.2) is 23.1 Å². The van der Waals surface area contributed by atoms with Crippen molar-refractivity contribution >= 4 is 16.9 Å². The first-order valence-corrected chi connectivity index (χ1v) is 7.03. The normalized spacial score (nSPS) is 14.2. The molecular formula is C15H24S. The topological polar surface area (TPSA) is 0 Å². The van der Waals surface area contributed by atoms with Crippen LogP contribution in [0.2, 0.25) is 0 Å². The Labute approximate surface area is 104 Å². The smallest absolute Gasteiger partial charge is 0.0307 e. The van der Waals surface area contributed by atoms with E-state index in [9.17, 15) is 0 Å². The van der Waals surface area contributed by atoms with Crippen molar-refractivity contribution in [2.24, 2.45) is 11.3 Å². The minimum absolute atomic E-state index is 0.237. The Balaban J connectivity index is 3.36. The highest BCUT2D eigenvalue weighted by Crippen LogP contribution is 2.41. The number of rotatable bonds is 3. The summed E-state index contributed by atoms with van der Waals surface area (Å²) in [5, 5.41) is 2.18. The molecule has 16 heavy (non-hydrogen) atoms. The molecule has 0 amide bonds. The van der Waals surface area contributed by atoms with Crippen LogP contribution in [0.4, 0.5) is 0 Å². The summed E-state index contributed by atoms with van der Waals surface area (Å²) in [7, 11) is 0. The molecule has 0 bridgehead atoms. The molecule has 1 heteroatoms. The monoisotopic (exact) mass is 236 g/mol. The van der Waals surface area contributed by atoms with E-state index in [-0.39, 0.29) is 5.41 Å². The average molecular weight is 236 g/mol. The van der Waals surface area contributed by atoms with Gasteiger partial charge in [-0.1, -0.05) is 53.2 Å². The summed E-state index contributed by atoms with van der Waals surface area (Å²) in [4.78, 5) is 1.44. The zero-order chi connectivity index (χ0) is 12.3. The van der Waals surface area contributed by atoms with Gasteiger partial charge < -0.3 is 0 Å². The molecule has 0 unspecified atom stereocenters. The van der Waals surface area contributed by atoms with Crippen LogP contribution in [0.25, 0.3) is 5.57 Å². The molecule has 0 spiro atoms. The molecule has 1 aromatic heterocycles. The van der Waals surface area contributed by atoms with Crippen LogP contribution in [-0.4, -0.2) is 0 Å². The fourth-order valence-electron chi connectivity index (χ4n) is 2.30. The van der Waals surface area contributed by atoms with Crippen molar-refractivity contribution in [3.8, 4) is 0 Å². The predicted molar refractivity (Wildman–Crippen MR) is 75.8 cm³/mol. The lowest BCUT2D eigenvalue weighted by Crippen LogP contribution is -2.12. The molecule has 1 rings (SSSR count). The van der Waals surface area contributed by atoms with Crippen molar-refractivity contribution in [3.63, 3.8) is 0 Å². The van der Waals surface area contributed by atoms with E-state index >= 15 is 0 Å². The summed E-state index contributed by atoms with van der Waals surface area (Å²) in [6, 6.07) is 4.41. The lowest BCUT2D eigenvalue weighted by Gasteiger charge is -2.28. The van der Waals surface area contributed by atoms with E-state index in [0.717, 1.165) is 6.42 Å². The maximum atomic E-state index is 2.32. The largest absolute Gasteiger partial charge is 0.144 e. The molecule has 0 saturated heterocycles. The standard InChI is InChI=1S/C15H24S/c1-7-12(11(2)3)14(15(4,5)6)13-9-8-10-16-13/h8-11H,7H2,1-6H3/b14-12+. The Kier molecular flexibility index (Phi) is 4.37. The molecule has 0 aromatic carbocycles. The van der Waals surface area contributed by atoms with Crippen molar-refractivity contribution in [3.05, 3.63) is 28.0 Å². The van der Waals surface area contributed by atoms with E-state index in [0.29, 0.717) is 5.92 Å². The van der Waals surface area contributed by atoms with Crippen molar-refractivity contribution < 1.29 is 0 Å². The summed E-state index contributed by atoms with van der Waals surface area (Å²) in [5.41, 5.74) is 3.40. The fourth-order valence-corrected chi connectivity index (χ4v) is 3.32. The number of hydrogen-bond acceptors (Lipinski definition) is 1. The Hall–Kier alpha value is -0.560. The van der Waals surface area contributed by atoms with Crippen LogP contribution in [0.5, 0.6) is 0 Å². The van der Waals surface area contributed by atoms with Crippen molar-refractivity contribution in [1.82, 2.24) is 0 Å². The summed E-state index contributed by atoms with van der Waals surface area (Å²) in [6.07, 6.45) is 1.15. The Bertz CT molecular complexity index is 347. The van der Waals surface area contributed by atoms with E-state index in [1.165, 1.54) is 4.88 Å². The summed E-state index contributed by atoms with van der Waals surface area (Å²) in [6.45, 7) is 13.8. The molecule has 1 aromatic rings. The maximum Gasteiger partial charge on any atom is 0.0307 e. The van der Waals surface area contributed by atoms with Gasteiger partial charge in [-0.05, 0) is 34.8 Å². The second kappa shape index (κ2) is 5.18. The van der Waals surface area contributed by atoms with Gasteiger partial charge in [0, 0.05) is 4.88 Å². The van der Waals surface area contributed by atoms with Crippen LogP contribution in [0.3, 0.4) is 0 Å². The molecule has 0 aliphatic rings. The zero-order valence-corrected chi connectivity index (χ0v) is 12.2. The zero-order valence-electron chi connectivity index (χ0n) is 11.4. The van der Waals surface area contributed by atoms with Gasteiger partial charge in [0.2, 0.25) is 0 Å². The molecule has 1 heterocycles. The summed E-state index contributed by atoms with van der Waals surface area (Å²) < 4.78 is 0. The number of allylic oxidation sites excluding steroid dienone is 2. The summed E-state index contributed by atoms with van der Waals surface area (Å²) >= 11 is 1.86. The third-order valence-corrected chi connectivity index (χ3v) is 3.80.